The van der Waals surface area contributed by atoms with Crippen LogP contribution in [-0.2, 0) is 75.7 Å². The molecular formula is C35H47N16O24P4-3. The van der Waals surface area contributed by atoms with Crippen LogP contribution in [0.3, 0.4) is 0 Å². The molecule has 9 rings (SSSR count). The molecule has 0 aromatic carbocycles. The average Bonchev–Trinajstić information content (AvgIpc) is 4.38. The minimum Gasteiger partial charge on any atom is -0.756 e. The Kier molecular flexibility index (Phi) is 16.1. The van der Waals surface area contributed by atoms with E-state index in [1.54, 1.807) is 13.8 Å². The number of nitrogens with zero attached hydrogens (tertiary/aromatic N) is 10. The van der Waals surface area contributed by atoms with Crippen molar-refractivity contribution in [2.45, 2.75) is 93.6 Å². The Balaban J connectivity index is 0.886. The van der Waals surface area contributed by atoms with E-state index < -0.39 is 142 Å². The molecule has 434 valence electrons. The summed E-state index contributed by atoms with van der Waals surface area (Å²) in [4.78, 5) is 106. The van der Waals surface area contributed by atoms with Crippen LogP contribution in [-0.4, -0.2) is 157 Å². The molecule has 0 spiro atoms. The molecule has 40 nitrogen and oxygen atoms in total. The van der Waals surface area contributed by atoms with Crippen LogP contribution >= 0.6 is 31.3 Å². The van der Waals surface area contributed by atoms with Gasteiger partial charge in [-0.15, -0.1) is 0 Å². The van der Waals surface area contributed by atoms with E-state index >= 15 is 0 Å². The molecule has 3 fully saturated rings. The minimum absolute atomic E-state index is 0.0485. The zero-order chi connectivity index (χ0) is 57.4. The third-order valence-electron chi connectivity index (χ3n) is 12.0. The standard InChI is InChI=1S/C35H50N16O24P4/c1-11(2)69-21-13(71-31(20(21)54)49-9-41-16-26(49)44-34(38)46-28(16)55)6-66-76(57,58)73-22-14(72-32(23(22)65-4)50-8-40-15-24(36)42-33(37)43-25(15)50)7-68-78(61,62)75-79(63,64)74-77(59,60)67-5-12-18(52)19(53)30(70-12)51-10-48(3)17-27(51)45-35(39)47-29(17)56/h8-14,18-23,30-32,52-54H,5-7H2,1-4H3,(H13-,36,37,38,39,42,43,44,45,46,47,55,56,57,58,59,60,61,62,63,64)/p-3/t12-,13-,14-,18+,19?,20?,21+,22+,23?,30-,31-,32-/m1/s1. The number of aromatic nitrogens is 12. The van der Waals surface area contributed by atoms with Gasteiger partial charge in [0.25, 0.3) is 48.4 Å². The number of fused-ring (bicyclic) bond motifs is 3. The summed E-state index contributed by atoms with van der Waals surface area (Å²) in [6, 6.07) is 0. The topological polar surface area (TPSA) is 589 Å². The molecule has 44 heteroatoms. The van der Waals surface area contributed by atoms with Crippen molar-refractivity contribution < 1.29 is 108 Å². The predicted octanol–water partition coefficient (Wildman–Crippen LogP) is -6.22. The summed E-state index contributed by atoms with van der Waals surface area (Å²) in [7, 11) is -22.4. The highest BCUT2D eigenvalue weighted by atomic mass is 31.3. The van der Waals surface area contributed by atoms with Crippen LogP contribution in [0, 0.1) is 0 Å². The van der Waals surface area contributed by atoms with Gasteiger partial charge in [0.15, 0.2) is 41.4 Å². The molecule has 6 aromatic rings. The minimum atomic E-state index is -6.60. The van der Waals surface area contributed by atoms with E-state index in [-0.39, 0.29) is 57.2 Å². The first-order valence-electron chi connectivity index (χ1n) is 22.7. The Bertz CT molecular complexity index is 3600. The quantitative estimate of drug-likeness (QED) is 0.0239. The molecule has 16 atom stereocenters. The van der Waals surface area contributed by atoms with Crippen LogP contribution in [0.1, 0.15) is 32.5 Å². The lowest BCUT2D eigenvalue weighted by Crippen LogP contribution is -2.46. The molecule has 0 aliphatic carbocycles. The number of methoxy groups -OCH3 is 1. The van der Waals surface area contributed by atoms with Gasteiger partial charge < -0.3 is 99.6 Å². The smallest absolute Gasteiger partial charge is 0.313 e. The number of rotatable bonds is 21. The van der Waals surface area contributed by atoms with Gasteiger partial charge in [-0.2, -0.15) is 15.0 Å². The molecular weight excluding hydrogens is 1150 g/mol. The number of ether oxygens (including phenoxy) is 5. The molecule has 3 aliphatic rings. The molecule has 79 heavy (non-hydrogen) atoms. The number of aliphatic hydroxyl groups excluding tert-OH is 3. The maximum Gasteiger partial charge on any atom is 0.313 e. The van der Waals surface area contributed by atoms with Crippen LogP contribution in [0.4, 0.5) is 23.7 Å². The lowest BCUT2D eigenvalue weighted by molar-refractivity contribution is -0.745. The number of phosphoric ester groups is 3. The molecule has 0 bridgehead atoms. The number of nitrogens with one attached hydrogen (secondary N) is 2. The number of imidazole rings is 3. The number of hydrogen-bond donors (Lipinski definition) is 9. The van der Waals surface area contributed by atoms with E-state index in [0.29, 0.717) is 0 Å². The van der Waals surface area contributed by atoms with Crippen molar-refractivity contribution in [3.63, 3.8) is 0 Å². The number of H-pyrrole nitrogens is 2. The summed E-state index contributed by atoms with van der Waals surface area (Å²) >= 11 is 0. The largest absolute Gasteiger partial charge is 0.756 e. The second-order valence-electron chi connectivity index (χ2n) is 17.7. The van der Waals surface area contributed by atoms with E-state index in [1.165, 1.54) is 17.9 Å². The maximum absolute atomic E-state index is 13.8. The highest BCUT2D eigenvalue weighted by molar-refractivity contribution is 7.65. The fourth-order valence-electron chi connectivity index (χ4n) is 8.81. The molecule has 3 saturated heterocycles. The first-order chi connectivity index (χ1) is 37.0. The SMILES string of the molecule is COC1[C@@H](OP(=O)([O-])OC[C@H]2O[C@@H](n3cnc4c(=O)[nH]c(N)nc43)C(O)[C@H]2OC(C)C)[C@@H](COP(=O)([O-])OP(=O)([O-])OP(=O)([O-])OC[C@H]2O[C@@H]([n+]3cn(C)c4c(=O)[nH]c(N)nc43)C(O)[C@H]2O)O[C@H]1n1cnc2c(N)nc(N)nc21. The van der Waals surface area contributed by atoms with Crippen molar-refractivity contribution in [3.8, 4) is 0 Å². The normalized spacial score (nSPS) is 29.6. The Morgan fingerprint density at radius 1 is 0.696 bits per heavy atom. The molecule has 13 N–H and O–H groups in total. The first-order valence-corrected chi connectivity index (χ1v) is 28.5. The molecule has 0 radical (unpaired) electrons. The number of aliphatic hydroxyl groups is 3. The summed E-state index contributed by atoms with van der Waals surface area (Å²) in [5.41, 5.74) is 21.1. The van der Waals surface area contributed by atoms with Gasteiger partial charge >= 0.3 is 5.65 Å². The molecule has 0 amide bonds. The van der Waals surface area contributed by atoms with Crippen molar-refractivity contribution in [2.24, 2.45) is 7.05 Å². The highest BCUT2D eigenvalue weighted by Crippen LogP contribution is 2.63. The van der Waals surface area contributed by atoms with Crippen LogP contribution in [0.15, 0.2) is 28.6 Å². The zero-order valence-corrected chi connectivity index (χ0v) is 44.4. The molecule has 0 saturated carbocycles. The summed E-state index contributed by atoms with van der Waals surface area (Å²) in [5, 5.41) is 32.9. The molecule has 6 aromatic heterocycles. The summed E-state index contributed by atoms with van der Waals surface area (Å²) in [6.45, 7) is -0.424. The van der Waals surface area contributed by atoms with Crippen molar-refractivity contribution in [1.29, 1.82) is 0 Å². The third-order valence-corrected chi connectivity index (χ3v) is 17.1. The van der Waals surface area contributed by atoms with Gasteiger partial charge in [-0.25, -0.2) is 23.2 Å². The fourth-order valence-corrected chi connectivity index (χ4v) is 13.1. The van der Waals surface area contributed by atoms with Gasteiger partial charge in [-0.1, -0.05) is 4.98 Å². The number of nitrogen functional groups attached to an aromatic ring is 4. The number of phosphoric acid groups is 4. The number of nitrogens with two attached hydrogens (primary N) is 4. The Morgan fingerprint density at radius 2 is 1.25 bits per heavy atom. The summed E-state index contributed by atoms with van der Waals surface area (Å²) in [6.07, 6.45) is -17.3. The second kappa shape index (κ2) is 21.8. The van der Waals surface area contributed by atoms with Gasteiger partial charge in [0.05, 0.1) is 45.6 Å². The van der Waals surface area contributed by atoms with Gasteiger partial charge in [-0.3, -0.25) is 51.5 Å². The van der Waals surface area contributed by atoms with Crippen LogP contribution < -0.4 is 58.2 Å². The lowest BCUT2D eigenvalue weighted by atomic mass is 10.1. The van der Waals surface area contributed by atoms with Crippen LogP contribution in [0.5, 0.6) is 0 Å². The fraction of sp³-hybridized carbons (Fsp3) is 0.571. The lowest BCUT2D eigenvalue weighted by Gasteiger charge is -2.35. The van der Waals surface area contributed by atoms with Gasteiger partial charge in [0.1, 0.15) is 60.5 Å². The van der Waals surface area contributed by atoms with Gasteiger partial charge in [0.2, 0.25) is 23.6 Å². The van der Waals surface area contributed by atoms with E-state index in [4.69, 9.17) is 60.2 Å². The summed E-state index contributed by atoms with van der Waals surface area (Å²) < 4.78 is 114. The van der Waals surface area contributed by atoms with E-state index in [0.717, 1.165) is 33.5 Å². The zero-order valence-electron chi connectivity index (χ0n) is 40.8. The van der Waals surface area contributed by atoms with E-state index in [2.05, 4.69) is 53.0 Å². The Morgan fingerprint density at radius 3 is 1.90 bits per heavy atom. The number of aromatic amines is 2. The maximum atomic E-state index is 13.8. The average molecular weight is 1200 g/mol. The Labute approximate surface area is 439 Å². The second-order valence-corrected chi connectivity index (χ2v) is 23.6. The molecule has 9 heterocycles. The summed E-state index contributed by atoms with van der Waals surface area (Å²) in [5.74, 6) is -1.21. The van der Waals surface area contributed by atoms with Crippen LogP contribution in [0.2, 0.25) is 0 Å². The molecule has 3 aliphatic heterocycles. The van der Waals surface area contributed by atoms with E-state index in [9.17, 15) is 62.7 Å². The third kappa shape index (κ3) is 12.0. The molecule has 7 unspecified atom stereocenters. The monoisotopic (exact) mass is 1200 g/mol. The van der Waals surface area contributed by atoms with Gasteiger partial charge in [0, 0.05) is 7.11 Å². The Hall–Kier alpha value is -5.35. The van der Waals surface area contributed by atoms with Gasteiger partial charge in [-0.05, 0) is 13.8 Å². The number of hydrogen-bond acceptors (Lipinski definition) is 34. The predicted molar refractivity (Wildman–Crippen MR) is 249 cm³/mol. The number of anilines is 4. The first kappa shape index (κ1) is 58.3. The van der Waals surface area contributed by atoms with E-state index in [1.807, 2.05) is 0 Å². The van der Waals surface area contributed by atoms with Crippen molar-refractivity contribution >= 4 is 88.4 Å². The van der Waals surface area contributed by atoms with Crippen LogP contribution in [0.25, 0.3) is 33.5 Å². The highest BCUT2D eigenvalue weighted by Gasteiger charge is 2.52. The van der Waals surface area contributed by atoms with Crippen molar-refractivity contribution in [2.75, 3.05) is 49.9 Å². The van der Waals surface area contributed by atoms with Crippen molar-refractivity contribution in [1.82, 2.24) is 53.6 Å². The number of aryl methyl sites for hydroxylation is 1. The van der Waals surface area contributed by atoms with Crippen molar-refractivity contribution in [3.05, 3.63) is 39.7 Å².